The first-order valence-electron chi connectivity index (χ1n) is 6.15. The Balaban J connectivity index is 2.51. The molecule has 120 valence electrons. The molecule has 0 fully saturated rings. The summed E-state index contributed by atoms with van der Waals surface area (Å²) in [5, 5.41) is 11.0. The summed E-state index contributed by atoms with van der Waals surface area (Å²) in [5.41, 5.74) is 6.27. The van der Waals surface area contributed by atoms with Gasteiger partial charge in [0.2, 0.25) is 0 Å². The quantitative estimate of drug-likeness (QED) is 0.359. The fourth-order valence-electron chi connectivity index (χ4n) is 1.80. The highest BCUT2D eigenvalue weighted by Crippen LogP contribution is 2.33. The number of nitro groups is 1. The van der Waals surface area contributed by atoms with E-state index in [9.17, 15) is 14.5 Å². The molecule has 0 radical (unpaired) electrons. The molecule has 2 N–H and O–H groups in total. The van der Waals surface area contributed by atoms with Crippen LogP contribution in [0.2, 0.25) is 5.02 Å². The van der Waals surface area contributed by atoms with Gasteiger partial charge in [-0.05, 0) is 34.1 Å². The molecule has 0 unspecified atom stereocenters. The van der Waals surface area contributed by atoms with Crippen LogP contribution in [0.15, 0.2) is 39.8 Å². The van der Waals surface area contributed by atoms with Gasteiger partial charge in [0.25, 0.3) is 0 Å². The molecule has 0 aliphatic rings. The molecule has 2 aromatic rings. The number of hydrogen-bond donors (Lipinski definition) is 1. The van der Waals surface area contributed by atoms with Gasteiger partial charge in [-0.15, -0.1) is 0 Å². The van der Waals surface area contributed by atoms with Crippen LogP contribution in [-0.4, -0.2) is 17.9 Å². The van der Waals surface area contributed by atoms with Gasteiger partial charge < -0.3 is 10.5 Å². The first-order chi connectivity index (χ1) is 10.8. The molecule has 0 aliphatic carbocycles. The number of ether oxygens (including phenoxy) is 1. The molecule has 0 amide bonds. The van der Waals surface area contributed by atoms with Crippen LogP contribution in [0, 0.1) is 15.9 Å². The van der Waals surface area contributed by atoms with Gasteiger partial charge >= 0.3 is 5.69 Å². The van der Waals surface area contributed by atoms with Gasteiger partial charge in [-0.3, -0.25) is 10.1 Å². The summed E-state index contributed by atoms with van der Waals surface area (Å²) in [6, 6.07) is 6.51. The van der Waals surface area contributed by atoms with Crippen molar-refractivity contribution >= 4 is 44.7 Å². The lowest BCUT2D eigenvalue weighted by Crippen LogP contribution is -2.14. The predicted octanol–water partition coefficient (Wildman–Crippen LogP) is 4.20. The summed E-state index contributed by atoms with van der Waals surface area (Å²) in [6.45, 7) is 0. The number of benzene rings is 2. The Morgan fingerprint density at radius 3 is 2.70 bits per heavy atom. The van der Waals surface area contributed by atoms with Crippen molar-refractivity contribution < 1.29 is 14.1 Å². The number of aliphatic imine (C=N–C) groups is 1. The fourth-order valence-corrected chi connectivity index (χ4v) is 2.50. The maximum Gasteiger partial charge on any atom is 0.311 e. The Labute approximate surface area is 144 Å². The second kappa shape index (κ2) is 6.93. The van der Waals surface area contributed by atoms with E-state index >= 15 is 0 Å². The van der Waals surface area contributed by atoms with Gasteiger partial charge in [0.1, 0.15) is 11.7 Å². The van der Waals surface area contributed by atoms with Crippen molar-refractivity contribution in [2.24, 2.45) is 10.7 Å². The third-order valence-corrected chi connectivity index (χ3v) is 3.84. The van der Waals surface area contributed by atoms with E-state index in [0.29, 0.717) is 15.7 Å². The third kappa shape index (κ3) is 3.77. The normalized spacial score (nSPS) is 11.4. The highest BCUT2D eigenvalue weighted by atomic mass is 79.9. The monoisotopic (exact) mass is 401 g/mol. The molecule has 0 atom stereocenters. The van der Waals surface area contributed by atoms with Crippen molar-refractivity contribution in [1.29, 1.82) is 0 Å². The highest BCUT2D eigenvalue weighted by molar-refractivity contribution is 9.10. The van der Waals surface area contributed by atoms with E-state index in [2.05, 4.69) is 20.9 Å². The first kappa shape index (κ1) is 17.2. The van der Waals surface area contributed by atoms with Crippen LogP contribution in [0.4, 0.5) is 15.8 Å². The van der Waals surface area contributed by atoms with Crippen LogP contribution >= 0.6 is 27.5 Å². The Hall–Kier alpha value is -2.19. The third-order valence-electron chi connectivity index (χ3n) is 2.89. The van der Waals surface area contributed by atoms with Gasteiger partial charge in [0, 0.05) is 22.2 Å². The Morgan fingerprint density at radius 2 is 2.13 bits per heavy atom. The van der Waals surface area contributed by atoms with E-state index in [-0.39, 0.29) is 22.3 Å². The topological polar surface area (TPSA) is 90.8 Å². The van der Waals surface area contributed by atoms with Crippen LogP contribution in [0.5, 0.6) is 5.75 Å². The molecule has 9 heteroatoms. The maximum atomic E-state index is 13.1. The predicted molar refractivity (Wildman–Crippen MR) is 89.1 cm³/mol. The average Bonchev–Trinajstić information content (AvgIpc) is 2.50. The van der Waals surface area contributed by atoms with Crippen LogP contribution in [-0.2, 0) is 0 Å². The molecule has 0 spiro atoms. The average molecular weight is 403 g/mol. The van der Waals surface area contributed by atoms with Crippen molar-refractivity contribution in [1.82, 2.24) is 0 Å². The molecule has 2 rings (SSSR count). The molecule has 23 heavy (non-hydrogen) atoms. The lowest BCUT2D eigenvalue weighted by atomic mass is 10.1. The minimum absolute atomic E-state index is 0.00491. The molecule has 0 aliphatic heterocycles. The van der Waals surface area contributed by atoms with Crippen molar-refractivity contribution in [3.8, 4) is 5.75 Å². The SMILES string of the molecule is COc1cc(Br)c(C(N)=Nc2ccc(F)c(Cl)c2)cc1[N+](=O)[O-]. The summed E-state index contributed by atoms with van der Waals surface area (Å²) >= 11 is 8.94. The van der Waals surface area contributed by atoms with E-state index in [1.54, 1.807) is 0 Å². The number of amidine groups is 1. The summed E-state index contributed by atoms with van der Waals surface area (Å²) in [4.78, 5) is 14.6. The summed E-state index contributed by atoms with van der Waals surface area (Å²) < 4.78 is 18.6. The molecule has 0 heterocycles. The molecular formula is C14H10BrClFN3O3. The van der Waals surface area contributed by atoms with E-state index in [1.807, 2.05) is 0 Å². The Morgan fingerprint density at radius 1 is 1.43 bits per heavy atom. The number of methoxy groups -OCH3 is 1. The fraction of sp³-hybridized carbons (Fsp3) is 0.0714. The van der Waals surface area contributed by atoms with Crippen molar-refractivity contribution in [2.45, 2.75) is 0 Å². The number of halogens is 3. The van der Waals surface area contributed by atoms with Gasteiger partial charge in [0.15, 0.2) is 5.75 Å². The molecule has 0 aromatic heterocycles. The van der Waals surface area contributed by atoms with Gasteiger partial charge in [-0.2, -0.15) is 0 Å². The maximum absolute atomic E-state index is 13.1. The number of nitro benzene ring substituents is 1. The van der Waals surface area contributed by atoms with E-state index < -0.39 is 10.7 Å². The van der Waals surface area contributed by atoms with E-state index in [4.69, 9.17) is 22.1 Å². The first-order valence-corrected chi connectivity index (χ1v) is 7.32. The molecule has 0 saturated heterocycles. The van der Waals surface area contributed by atoms with Crippen molar-refractivity contribution in [3.63, 3.8) is 0 Å². The Bertz CT molecular complexity index is 814. The number of nitrogens with zero attached hydrogens (tertiary/aromatic N) is 2. The Kier molecular flexibility index (Phi) is 5.17. The number of hydrogen-bond acceptors (Lipinski definition) is 4. The number of rotatable bonds is 4. The molecule has 0 bridgehead atoms. The second-order valence-electron chi connectivity index (χ2n) is 4.36. The summed E-state index contributed by atoms with van der Waals surface area (Å²) in [5.74, 6) is -0.487. The van der Waals surface area contributed by atoms with E-state index in [1.165, 1.54) is 31.4 Å². The smallest absolute Gasteiger partial charge is 0.311 e. The zero-order valence-electron chi connectivity index (χ0n) is 11.7. The van der Waals surface area contributed by atoms with Crippen LogP contribution in [0.3, 0.4) is 0 Å². The minimum Gasteiger partial charge on any atom is -0.490 e. The van der Waals surface area contributed by atoms with Crippen molar-refractivity contribution in [3.05, 3.63) is 61.3 Å². The zero-order valence-corrected chi connectivity index (χ0v) is 14.1. The molecule has 2 aromatic carbocycles. The van der Waals surface area contributed by atoms with Crippen LogP contribution < -0.4 is 10.5 Å². The van der Waals surface area contributed by atoms with Crippen LogP contribution in [0.25, 0.3) is 0 Å². The number of nitrogens with two attached hydrogens (primary N) is 1. The lowest BCUT2D eigenvalue weighted by molar-refractivity contribution is -0.385. The summed E-state index contributed by atoms with van der Waals surface area (Å²) in [6.07, 6.45) is 0. The highest BCUT2D eigenvalue weighted by Gasteiger charge is 2.19. The molecular weight excluding hydrogens is 393 g/mol. The van der Waals surface area contributed by atoms with E-state index in [0.717, 1.165) is 6.07 Å². The van der Waals surface area contributed by atoms with Gasteiger partial charge in [-0.1, -0.05) is 11.6 Å². The minimum atomic E-state index is -0.586. The van der Waals surface area contributed by atoms with Crippen molar-refractivity contribution in [2.75, 3.05) is 7.11 Å². The lowest BCUT2D eigenvalue weighted by Gasteiger charge is -2.08. The van der Waals surface area contributed by atoms with Gasteiger partial charge in [-0.25, -0.2) is 9.38 Å². The summed E-state index contributed by atoms with van der Waals surface area (Å²) in [7, 11) is 1.33. The zero-order chi connectivity index (χ0) is 17.1. The van der Waals surface area contributed by atoms with Gasteiger partial charge in [0.05, 0.1) is 22.7 Å². The molecule has 0 saturated carbocycles. The largest absolute Gasteiger partial charge is 0.490 e. The molecule has 6 nitrogen and oxygen atoms in total. The van der Waals surface area contributed by atoms with Crippen LogP contribution in [0.1, 0.15) is 5.56 Å². The standard InChI is InChI=1S/C14H10BrClFN3O3/c1-23-13-6-9(15)8(5-12(13)20(21)22)14(18)19-7-2-3-11(17)10(16)4-7/h2-6H,1H3,(H2,18,19). The second-order valence-corrected chi connectivity index (χ2v) is 5.62.